The van der Waals surface area contributed by atoms with Crippen LogP contribution in [0.25, 0.3) is 0 Å². The average molecular weight is 346 g/mol. The van der Waals surface area contributed by atoms with Crippen LogP contribution >= 0.6 is 0 Å². The highest BCUT2D eigenvalue weighted by molar-refractivity contribution is 6.04. The van der Waals surface area contributed by atoms with E-state index in [4.69, 9.17) is 0 Å². The van der Waals surface area contributed by atoms with Crippen LogP contribution in [0.15, 0.2) is 65.6 Å². The van der Waals surface area contributed by atoms with Gasteiger partial charge in [-0.2, -0.15) is 0 Å². The van der Waals surface area contributed by atoms with Crippen LogP contribution in [0.3, 0.4) is 0 Å². The molecule has 1 N–H and O–H groups in total. The molecule has 1 heterocycles. The molecule has 26 heavy (non-hydrogen) atoms. The Bertz CT molecular complexity index is 1020. The number of anilines is 1. The van der Waals surface area contributed by atoms with Crippen LogP contribution in [-0.4, -0.2) is 10.5 Å². The van der Waals surface area contributed by atoms with Crippen LogP contribution in [-0.2, 0) is 6.54 Å². The van der Waals surface area contributed by atoms with Gasteiger partial charge in [0.25, 0.3) is 11.5 Å². The van der Waals surface area contributed by atoms with Gasteiger partial charge in [0.15, 0.2) is 0 Å². The summed E-state index contributed by atoms with van der Waals surface area (Å²) in [6, 6.07) is 17.0. The molecular weight excluding hydrogens is 324 g/mol. The zero-order valence-corrected chi connectivity index (χ0v) is 15.2. The Morgan fingerprint density at radius 3 is 2.50 bits per heavy atom. The van der Waals surface area contributed by atoms with Crippen LogP contribution < -0.4 is 10.9 Å². The third kappa shape index (κ3) is 3.91. The van der Waals surface area contributed by atoms with Crippen molar-refractivity contribution in [3.63, 3.8) is 0 Å². The van der Waals surface area contributed by atoms with Crippen molar-refractivity contribution in [2.45, 2.75) is 27.3 Å². The zero-order valence-electron chi connectivity index (χ0n) is 15.2. The smallest absolute Gasteiger partial charge is 0.263 e. The number of benzene rings is 2. The lowest BCUT2D eigenvalue weighted by Gasteiger charge is -2.11. The summed E-state index contributed by atoms with van der Waals surface area (Å²) >= 11 is 0. The number of nitrogens with zero attached hydrogens (tertiary/aromatic N) is 1. The zero-order chi connectivity index (χ0) is 18.7. The lowest BCUT2D eigenvalue weighted by molar-refractivity contribution is 0.102. The lowest BCUT2D eigenvalue weighted by Crippen LogP contribution is -2.29. The summed E-state index contributed by atoms with van der Waals surface area (Å²) in [5, 5.41) is 2.80. The number of aryl methyl sites for hydroxylation is 3. The number of carbonyl (C=O) groups is 1. The predicted octanol–water partition coefficient (Wildman–Crippen LogP) is 4.07. The van der Waals surface area contributed by atoms with E-state index < -0.39 is 5.91 Å². The fraction of sp³-hybridized carbons (Fsp3) is 0.182. The lowest BCUT2D eigenvalue weighted by atomic mass is 10.1. The summed E-state index contributed by atoms with van der Waals surface area (Å²) in [5.41, 5.74) is 4.91. The third-order valence-corrected chi connectivity index (χ3v) is 4.39. The van der Waals surface area contributed by atoms with Crippen LogP contribution in [0.5, 0.6) is 0 Å². The number of nitrogens with one attached hydrogen (secondary N) is 1. The summed E-state index contributed by atoms with van der Waals surface area (Å²) in [5.74, 6) is -0.393. The van der Waals surface area contributed by atoms with E-state index in [1.54, 1.807) is 22.9 Å². The molecule has 1 amide bonds. The van der Waals surface area contributed by atoms with Crippen LogP contribution in [0.1, 0.15) is 32.6 Å². The first-order chi connectivity index (χ1) is 12.4. The topological polar surface area (TPSA) is 51.1 Å². The van der Waals surface area contributed by atoms with E-state index in [1.807, 2.05) is 57.2 Å². The maximum Gasteiger partial charge on any atom is 0.263 e. The molecule has 3 rings (SSSR count). The summed E-state index contributed by atoms with van der Waals surface area (Å²) in [6.45, 7) is 6.44. The number of hydrogen-bond donors (Lipinski definition) is 1. The van der Waals surface area contributed by atoms with Crippen LogP contribution in [0.2, 0.25) is 0 Å². The minimum Gasteiger partial charge on any atom is -0.322 e. The highest BCUT2D eigenvalue weighted by Gasteiger charge is 2.13. The second-order valence-corrected chi connectivity index (χ2v) is 6.61. The van der Waals surface area contributed by atoms with E-state index in [-0.39, 0.29) is 11.1 Å². The SMILES string of the molecule is Cc1cccc(NC(=O)c2cccn(Cc3cc(C)ccc3C)c2=O)c1. The Hall–Kier alpha value is -3.14. The van der Waals surface area contributed by atoms with Gasteiger partial charge in [0.05, 0.1) is 6.54 Å². The van der Waals surface area contributed by atoms with Crippen molar-refractivity contribution >= 4 is 11.6 Å². The normalized spacial score (nSPS) is 10.6. The highest BCUT2D eigenvalue weighted by atomic mass is 16.2. The van der Waals surface area contributed by atoms with Gasteiger partial charge < -0.3 is 9.88 Å². The van der Waals surface area contributed by atoms with E-state index in [2.05, 4.69) is 11.4 Å². The second-order valence-electron chi connectivity index (χ2n) is 6.61. The Morgan fingerprint density at radius 1 is 0.962 bits per heavy atom. The molecule has 0 radical (unpaired) electrons. The third-order valence-electron chi connectivity index (χ3n) is 4.39. The van der Waals surface area contributed by atoms with Gasteiger partial charge in [-0.1, -0.05) is 35.9 Å². The number of pyridine rings is 1. The molecule has 1 aromatic heterocycles. The molecule has 132 valence electrons. The standard InChI is InChI=1S/C22H22N2O2/c1-15-6-4-7-19(13-15)23-21(25)20-8-5-11-24(22(20)26)14-18-12-16(2)9-10-17(18)3/h4-13H,14H2,1-3H3,(H,23,25). The van der Waals surface area contributed by atoms with Gasteiger partial charge >= 0.3 is 0 Å². The number of rotatable bonds is 4. The molecule has 2 aromatic carbocycles. The predicted molar refractivity (Wildman–Crippen MR) is 105 cm³/mol. The number of hydrogen-bond acceptors (Lipinski definition) is 2. The molecule has 0 saturated carbocycles. The molecule has 3 aromatic rings. The quantitative estimate of drug-likeness (QED) is 0.774. The summed E-state index contributed by atoms with van der Waals surface area (Å²) in [7, 11) is 0. The molecule has 0 aliphatic rings. The Labute approximate surface area is 153 Å². The van der Waals surface area contributed by atoms with Crippen molar-refractivity contribution in [3.05, 3.63) is 99.0 Å². The summed E-state index contributed by atoms with van der Waals surface area (Å²) in [6.07, 6.45) is 1.72. The summed E-state index contributed by atoms with van der Waals surface area (Å²) in [4.78, 5) is 25.3. The van der Waals surface area contributed by atoms with Gasteiger partial charge in [-0.15, -0.1) is 0 Å². The van der Waals surface area contributed by atoms with E-state index >= 15 is 0 Å². The largest absolute Gasteiger partial charge is 0.322 e. The van der Waals surface area contributed by atoms with Gasteiger partial charge in [0.2, 0.25) is 0 Å². The van der Waals surface area contributed by atoms with Crippen molar-refractivity contribution in [1.82, 2.24) is 4.57 Å². The van der Waals surface area contributed by atoms with Crippen molar-refractivity contribution in [2.75, 3.05) is 5.32 Å². The molecule has 0 aliphatic carbocycles. The van der Waals surface area contributed by atoms with Gasteiger partial charge in [-0.05, 0) is 61.7 Å². The van der Waals surface area contributed by atoms with Crippen molar-refractivity contribution in [3.8, 4) is 0 Å². The fourth-order valence-electron chi connectivity index (χ4n) is 2.91. The number of amides is 1. The second kappa shape index (κ2) is 7.40. The van der Waals surface area contributed by atoms with E-state index in [0.717, 1.165) is 22.3 Å². The van der Waals surface area contributed by atoms with Gasteiger partial charge in [-0.25, -0.2) is 0 Å². The Kier molecular flexibility index (Phi) is 5.03. The molecule has 0 fully saturated rings. The van der Waals surface area contributed by atoms with Crippen molar-refractivity contribution in [2.24, 2.45) is 0 Å². The van der Waals surface area contributed by atoms with E-state index in [0.29, 0.717) is 12.2 Å². The minimum atomic E-state index is -0.393. The van der Waals surface area contributed by atoms with E-state index in [9.17, 15) is 9.59 Å². The molecule has 0 spiro atoms. The van der Waals surface area contributed by atoms with Crippen LogP contribution in [0, 0.1) is 20.8 Å². The van der Waals surface area contributed by atoms with Gasteiger partial charge in [-0.3, -0.25) is 9.59 Å². The molecule has 4 heteroatoms. The molecule has 0 bridgehead atoms. The first-order valence-electron chi connectivity index (χ1n) is 8.57. The van der Waals surface area contributed by atoms with E-state index in [1.165, 1.54) is 0 Å². The van der Waals surface area contributed by atoms with Crippen molar-refractivity contribution in [1.29, 1.82) is 0 Å². The molecule has 0 atom stereocenters. The fourth-order valence-corrected chi connectivity index (χ4v) is 2.91. The molecule has 0 aliphatic heterocycles. The monoisotopic (exact) mass is 346 g/mol. The minimum absolute atomic E-state index is 0.138. The molecule has 4 nitrogen and oxygen atoms in total. The highest BCUT2D eigenvalue weighted by Crippen LogP contribution is 2.13. The maximum absolute atomic E-state index is 12.8. The Morgan fingerprint density at radius 2 is 1.73 bits per heavy atom. The first kappa shape index (κ1) is 17.7. The van der Waals surface area contributed by atoms with Gasteiger partial charge in [0.1, 0.15) is 5.56 Å². The molecule has 0 unspecified atom stereocenters. The summed E-state index contributed by atoms with van der Waals surface area (Å²) < 4.78 is 1.58. The Balaban J connectivity index is 1.88. The van der Waals surface area contributed by atoms with Crippen LogP contribution in [0.4, 0.5) is 5.69 Å². The van der Waals surface area contributed by atoms with Crippen molar-refractivity contribution < 1.29 is 4.79 Å². The number of carbonyl (C=O) groups excluding carboxylic acids is 1. The number of aromatic nitrogens is 1. The maximum atomic E-state index is 12.8. The molecular formula is C22H22N2O2. The van der Waals surface area contributed by atoms with Gasteiger partial charge in [0, 0.05) is 11.9 Å². The first-order valence-corrected chi connectivity index (χ1v) is 8.57. The average Bonchev–Trinajstić information content (AvgIpc) is 2.60. The molecule has 0 saturated heterocycles.